The first-order valence-electron chi connectivity index (χ1n) is 15.5. The van der Waals surface area contributed by atoms with E-state index in [-0.39, 0.29) is 17.5 Å². The molecule has 0 unspecified atom stereocenters. The number of rotatable bonds is 12. The highest BCUT2D eigenvalue weighted by Gasteiger charge is 2.71. The fourth-order valence-corrected chi connectivity index (χ4v) is 9.45. The van der Waals surface area contributed by atoms with Crippen molar-refractivity contribution < 1.29 is 14.3 Å². The molecule has 5 rings (SSSR count). The molecule has 0 spiro atoms. The number of carbonyl (C=O) groups is 2. The number of ether oxygens (including phenoxy) is 1. The van der Waals surface area contributed by atoms with E-state index in [4.69, 9.17) is 4.74 Å². The molecule has 5 aliphatic rings. The molecule has 0 bridgehead atoms. The Morgan fingerprint density at radius 2 is 1.63 bits per heavy atom. The van der Waals surface area contributed by atoms with E-state index in [1.807, 2.05) is 6.08 Å². The summed E-state index contributed by atoms with van der Waals surface area (Å²) in [6, 6.07) is 0. The maximum absolute atomic E-state index is 12.9. The van der Waals surface area contributed by atoms with Gasteiger partial charge in [0.15, 0.2) is 5.78 Å². The Morgan fingerprint density at radius 3 is 2.37 bits per heavy atom. The van der Waals surface area contributed by atoms with Crippen LogP contribution in [0.4, 0.5) is 0 Å². The Balaban J connectivity index is 1.13. The molecule has 4 saturated carbocycles. The highest BCUT2D eigenvalue weighted by molar-refractivity contribution is 5.91. The van der Waals surface area contributed by atoms with Crippen molar-refractivity contribution in [3.63, 3.8) is 0 Å². The number of fused-ring (bicyclic) bond motifs is 7. The summed E-state index contributed by atoms with van der Waals surface area (Å²) in [4.78, 5) is 25.0. The lowest BCUT2D eigenvalue weighted by molar-refractivity contribution is -0.165. The van der Waals surface area contributed by atoms with Gasteiger partial charge in [-0.25, -0.2) is 0 Å². The fraction of sp³-hybridized carbons (Fsp3) is 0.875. The minimum absolute atomic E-state index is 0.0823. The zero-order valence-electron chi connectivity index (χ0n) is 22.6. The molecule has 3 nitrogen and oxygen atoms in total. The van der Waals surface area contributed by atoms with Gasteiger partial charge in [-0.05, 0) is 93.0 Å². The molecule has 0 aromatic heterocycles. The van der Waals surface area contributed by atoms with Crippen LogP contribution in [-0.4, -0.2) is 17.9 Å². The van der Waals surface area contributed by atoms with Gasteiger partial charge in [-0.3, -0.25) is 9.59 Å². The lowest BCUT2D eigenvalue weighted by atomic mass is 9.50. The van der Waals surface area contributed by atoms with E-state index in [1.54, 1.807) is 0 Å². The maximum Gasteiger partial charge on any atom is 0.306 e. The van der Waals surface area contributed by atoms with Crippen LogP contribution in [0.2, 0.25) is 0 Å². The Morgan fingerprint density at radius 1 is 0.886 bits per heavy atom. The van der Waals surface area contributed by atoms with Crippen LogP contribution in [0.1, 0.15) is 129 Å². The van der Waals surface area contributed by atoms with Crippen molar-refractivity contribution in [1.82, 2.24) is 0 Å². The first kappa shape index (κ1) is 25.5. The quantitative estimate of drug-likeness (QED) is 0.208. The molecule has 0 aromatic carbocycles. The molecule has 196 valence electrons. The van der Waals surface area contributed by atoms with Crippen LogP contribution < -0.4 is 0 Å². The summed E-state index contributed by atoms with van der Waals surface area (Å²) in [6.45, 7) is 4.64. The Bertz CT molecular complexity index is 799. The smallest absolute Gasteiger partial charge is 0.306 e. The van der Waals surface area contributed by atoms with Crippen molar-refractivity contribution in [1.29, 1.82) is 0 Å². The average molecular weight is 483 g/mol. The molecule has 3 heteroatoms. The summed E-state index contributed by atoms with van der Waals surface area (Å²) in [5, 5.41) is 0. The van der Waals surface area contributed by atoms with E-state index >= 15 is 0 Å². The number of hydrogen-bond acceptors (Lipinski definition) is 3. The van der Waals surface area contributed by atoms with Gasteiger partial charge in [-0.1, -0.05) is 70.8 Å². The first-order chi connectivity index (χ1) is 17.1. The summed E-state index contributed by atoms with van der Waals surface area (Å²) >= 11 is 0. The average Bonchev–Trinajstić information content (AvgIpc) is 3.60. The minimum Gasteiger partial charge on any atom is -0.461 e. The fourth-order valence-electron chi connectivity index (χ4n) is 9.45. The molecule has 35 heavy (non-hydrogen) atoms. The molecule has 4 fully saturated rings. The van der Waals surface area contributed by atoms with E-state index in [2.05, 4.69) is 13.8 Å². The van der Waals surface area contributed by atoms with Gasteiger partial charge in [0.1, 0.15) is 6.10 Å². The molecular weight excluding hydrogens is 432 g/mol. The molecule has 0 aliphatic heterocycles. The van der Waals surface area contributed by atoms with Gasteiger partial charge in [-0.2, -0.15) is 0 Å². The molecule has 0 heterocycles. The van der Waals surface area contributed by atoms with E-state index in [9.17, 15) is 9.59 Å². The molecular formula is C32H50O3. The second kappa shape index (κ2) is 11.1. The van der Waals surface area contributed by atoms with Crippen molar-refractivity contribution in [2.24, 2.45) is 40.9 Å². The normalized spacial score (nSPS) is 39.2. The largest absolute Gasteiger partial charge is 0.461 e. The Hall–Kier alpha value is -1.12. The molecule has 0 saturated heterocycles. The number of hydrogen-bond donors (Lipinski definition) is 0. The maximum atomic E-state index is 12.9. The third-order valence-electron chi connectivity index (χ3n) is 11.1. The van der Waals surface area contributed by atoms with Crippen LogP contribution >= 0.6 is 0 Å². The number of ketones is 1. The number of allylic oxidation sites excluding steroid dienone is 1. The predicted molar refractivity (Wildman–Crippen MR) is 141 cm³/mol. The lowest BCUT2D eigenvalue weighted by Gasteiger charge is -2.55. The summed E-state index contributed by atoms with van der Waals surface area (Å²) in [7, 11) is 0. The summed E-state index contributed by atoms with van der Waals surface area (Å²) in [5.74, 6) is 4.84. The predicted octanol–water partition coefficient (Wildman–Crippen LogP) is 8.21. The van der Waals surface area contributed by atoms with E-state index in [1.165, 1.54) is 82.6 Å². The van der Waals surface area contributed by atoms with Gasteiger partial charge in [0, 0.05) is 18.3 Å². The van der Waals surface area contributed by atoms with Crippen molar-refractivity contribution in [3.05, 3.63) is 11.6 Å². The Kier molecular flexibility index (Phi) is 8.09. The molecule has 8 atom stereocenters. The molecule has 0 aromatic rings. The van der Waals surface area contributed by atoms with Crippen LogP contribution in [-0.2, 0) is 14.3 Å². The van der Waals surface area contributed by atoms with Gasteiger partial charge >= 0.3 is 5.97 Å². The van der Waals surface area contributed by atoms with Crippen LogP contribution in [0.3, 0.4) is 0 Å². The van der Waals surface area contributed by atoms with E-state index in [0.717, 1.165) is 55.8 Å². The van der Waals surface area contributed by atoms with Crippen LogP contribution in [0.25, 0.3) is 0 Å². The zero-order valence-corrected chi connectivity index (χ0v) is 22.6. The van der Waals surface area contributed by atoms with Crippen LogP contribution in [0.5, 0.6) is 0 Å². The van der Waals surface area contributed by atoms with Crippen molar-refractivity contribution in [3.8, 4) is 0 Å². The molecule has 0 N–H and O–H groups in total. The van der Waals surface area contributed by atoms with Crippen molar-refractivity contribution in [2.45, 2.75) is 136 Å². The van der Waals surface area contributed by atoms with E-state index < -0.39 is 0 Å². The number of esters is 1. The highest BCUT2D eigenvalue weighted by atomic mass is 16.5. The summed E-state index contributed by atoms with van der Waals surface area (Å²) in [5.41, 5.74) is 1.70. The molecule has 5 aliphatic carbocycles. The second-order valence-corrected chi connectivity index (χ2v) is 12.9. The molecule has 0 radical (unpaired) electrons. The third-order valence-corrected chi connectivity index (χ3v) is 11.1. The van der Waals surface area contributed by atoms with Crippen LogP contribution in [0.15, 0.2) is 11.6 Å². The first-order valence-corrected chi connectivity index (χ1v) is 15.5. The Labute approximate surface area is 214 Å². The number of unbranched alkanes of at least 4 members (excludes halogenated alkanes) is 8. The van der Waals surface area contributed by atoms with Crippen molar-refractivity contribution >= 4 is 11.8 Å². The van der Waals surface area contributed by atoms with Gasteiger partial charge in [0.25, 0.3) is 0 Å². The summed E-state index contributed by atoms with van der Waals surface area (Å²) < 4.78 is 6.41. The van der Waals surface area contributed by atoms with Gasteiger partial charge in [-0.15, -0.1) is 0 Å². The van der Waals surface area contributed by atoms with Gasteiger partial charge in [0.05, 0.1) is 0 Å². The van der Waals surface area contributed by atoms with Crippen LogP contribution in [0, 0.1) is 40.9 Å². The number of carbonyl (C=O) groups excluding carboxylic acids is 2. The zero-order chi connectivity index (χ0) is 24.4. The third kappa shape index (κ3) is 5.04. The summed E-state index contributed by atoms with van der Waals surface area (Å²) in [6.07, 6.45) is 23.5. The van der Waals surface area contributed by atoms with Gasteiger partial charge < -0.3 is 4.74 Å². The monoisotopic (exact) mass is 482 g/mol. The highest BCUT2D eigenvalue weighted by Crippen LogP contribution is 2.73. The second-order valence-electron chi connectivity index (χ2n) is 12.9. The van der Waals surface area contributed by atoms with E-state index in [0.29, 0.717) is 24.0 Å². The lowest BCUT2D eigenvalue weighted by Crippen LogP contribution is -2.51. The molecule has 0 amide bonds. The van der Waals surface area contributed by atoms with Gasteiger partial charge in [0.2, 0.25) is 0 Å². The van der Waals surface area contributed by atoms with Crippen molar-refractivity contribution in [2.75, 3.05) is 0 Å². The topological polar surface area (TPSA) is 43.4 Å². The minimum atomic E-state index is 0.0823. The standard InChI is InChI=1S/C32H50O3/c1-3-5-6-7-8-9-10-11-12-13-29(34)35-31-28-21-27(28)30-26-16-14-22-20-23(33)15-17-24(22)25(26)18-19-32(30,31)4-2/h20,24-28,30-31H,3-19,21H2,1-2H3/t24-,25+,26+,27-,28+,30+,31-,32-/m0/s1. The SMILES string of the molecule is CCCCCCCCCCCC(=O)O[C@H]1[C@@H]2C[C@@H]2[C@H]2[C@@H]3CCC4=CC(=O)CC[C@@H]4[C@H]3CC[C@@]21CC.